The summed E-state index contributed by atoms with van der Waals surface area (Å²) >= 11 is 0. The molecule has 0 nitrogen and oxygen atoms in total. The zero-order valence-corrected chi connectivity index (χ0v) is 14.3. The van der Waals surface area contributed by atoms with Gasteiger partial charge in [-0.15, -0.1) is 0 Å². The van der Waals surface area contributed by atoms with Crippen LogP contribution in [0.5, 0.6) is 0 Å². The molecule has 0 aliphatic carbocycles. The first-order valence-corrected chi connectivity index (χ1v) is 8.04. The maximum Gasteiger partial charge on any atom is -0.0157 e. The van der Waals surface area contributed by atoms with E-state index < -0.39 is 0 Å². The minimum absolute atomic E-state index is 0.364. The molecule has 0 rings (SSSR count). The maximum absolute atomic E-state index is 2.44. The number of rotatable bonds is 9. The second-order valence-corrected chi connectivity index (χ2v) is 7.35. The lowest BCUT2D eigenvalue weighted by Gasteiger charge is -2.45. The van der Waals surface area contributed by atoms with Crippen molar-refractivity contribution in [2.45, 2.75) is 93.9 Å². The summed E-state index contributed by atoms with van der Waals surface area (Å²) < 4.78 is 0. The molecule has 0 amide bonds. The molecule has 0 aromatic rings. The van der Waals surface area contributed by atoms with E-state index >= 15 is 0 Å². The highest BCUT2D eigenvalue weighted by molar-refractivity contribution is 5.10. The Balaban J connectivity index is 4.48. The first-order valence-electron chi connectivity index (χ1n) is 8.04. The summed E-state index contributed by atoms with van der Waals surface area (Å²) in [6.07, 6.45) is 8.13. The Labute approximate surface area is 117 Å². The summed E-state index contributed by atoms with van der Waals surface area (Å²) in [4.78, 5) is 0. The lowest BCUT2D eigenvalue weighted by Crippen LogP contribution is -2.36. The Morgan fingerprint density at radius 3 is 1.94 bits per heavy atom. The van der Waals surface area contributed by atoms with Crippen molar-refractivity contribution >= 4 is 0 Å². The molecule has 0 saturated heterocycles. The third-order valence-corrected chi connectivity index (χ3v) is 5.48. The first kappa shape index (κ1) is 18.0. The van der Waals surface area contributed by atoms with E-state index in [1.165, 1.54) is 38.5 Å². The first-order chi connectivity index (χ1) is 8.20. The van der Waals surface area contributed by atoms with Gasteiger partial charge in [0.1, 0.15) is 0 Å². The average Bonchev–Trinajstić information content (AvgIpc) is 2.32. The van der Waals surface area contributed by atoms with Crippen LogP contribution in [0.1, 0.15) is 93.9 Å². The van der Waals surface area contributed by atoms with Crippen LogP contribution in [-0.2, 0) is 0 Å². The Morgan fingerprint density at radius 2 is 1.50 bits per heavy atom. The van der Waals surface area contributed by atoms with E-state index in [0.29, 0.717) is 10.8 Å². The third kappa shape index (κ3) is 4.94. The highest BCUT2D eigenvalue weighted by Crippen LogP contribution is 2.49. The molecule has 0 aliphatic heterocycles. The van der Waals surface area contributed by atoms with Crippen LogP contribution in [0.2, 0.25) is 0 Å². The SMILES string of the molecule is CCCCCCC(C)(C)[C](C)C(C)(C)C(C)CC. The molecule has 0 fully saturated rings. The van der Waals surface area contributed by atoms with Crippen molar-refractivity contribution < 1.29 is 0 Å². The minimum Gasteiger partial charge on any atom is -0.0654 e. The van der Waals surface area contributed by atoms with Crippen LogP contribution >= 0.6 is 0 Å². The quantitative estimate of drug-likeness (QED) is 0.403. The number of hydrogen-bond donors (Lipinski definition) is 0. The van der Waals surface area contributed by atoms with Gasteiger partial charge in [-0.3, -0.25) is 0 Å². The predicted octanol–water partition coefficient (Wildman–Crippen LogP) is 6.65. The molecule has 0 spiro atoms. The number of hydrogen-bond acceptors (Lipinski definition) is 0. The molecular weight excluding hydrogens is 216 g/mol. The maximum atomic E-state index is 2.44. The van der Waals surface area contributed by atoms with E-state index in [-0.39, 0.29) is 0 Å². The zero-order valence-electron chi connectivity index (χ0n) is 14.3. The van der Waals surface area contributed by atoms with Crippen LogP contribution in [0.4, 0.5) is 0 Å². The summed E-state index contributed by atoms with van der Waals surface area (Å²) in [6.45, 7) is 19.1. The zero-order chi connectivity index (χ0) is 14.4. The number of unbranched alkanes of at least 4 members (excludes halogenated alkanes) is 3. The standard InChI is InChI=1S/C18H37/c1-9-11-12-13-14-17(5,6)16(4)18(7,8)15(3)10-2/h15H,9-14H2,1-8H3. The highest BCUT2D eigenvalue weighted by atomic mass is 14.4. The second kappa shape index (κ2) is 7.56. The molecule has 1 atom stereocenters. The van der Waals surface area contributed by atoms with E-state index in [9.17, 15) is 0 Å². The fraction of sp³-hybridized carbons (Fsp3) is 0.944. The highest BCUT2D eigenvalue weighted by Gasteiger charge is 2.40. The van der Waals surface area contributed by atoms with Crippen molar-refractivity contribution in [3.05, 3.63) is 5.92 Å². The fourth-order valence-corrected chi connectivity index (χ4v) is 2.93. The van der Waals surface area contributed by atoms with Gasteiger partial charge in [-0.25, -0.2) is 0 Å². The Kier molecular flexibility index (Phi) is 7.56. The van der Waals surface area contributed by atoms with Crippen molar-refractivity contribution in [2.24, 2.45) is 16.7 Å². The molecule has 1 radical (unpaired) electrons. The van der Waals surface area contributed by atoms with E-state index in [2.05, 4.69) is 55.4 Å². The summed E-state index contributed by atoms with van der Waals surface area (Å²) in [5.41, 5.74) is 0.754. The van der Waals surface area contributed by atoms with Crippen molar-refractivity contribution in [1.29, 1.82) is 0 Å². The summed E-state index contributed by atoms with van der Waals surface area (Å²) in [5.74, 6) is 2.47. The molecule has 0 heteroatoms. The Hall–Kier alpha value is 0. The molecular formula is C18H37. The summed E-state index contributed by atoms with van der Waals surface area (Å²) in [5, 5.41) is 0. The molecule has 0 bridgehead atoms. The van der Waals surface area contributed by atoms with Crippen LogP contribution in [0, 0.1) is 22.7 Å². The predicted molar refractivity (Wildman–Crippen MR) is 84.7 cm³/mol. The van der Waals surface area contributed by atoms with Gasteiger partial charge < -0.3 is 0 Å². The van der Waals surface area contributed by atoms with E-state index in [1.54, 1.807) is 5.92 Å². The van der Waals surface area contributed by atoms with Gasteiger partial charge in [-0.05, 0) is 29.1 Å². The van der Waals surface area contributed by atoms with Gasteiger partial charge in [0.05, 0.1) is 0 Å². The molecule has 0 N–H and O–H groups in total. The molecule has 1 unspecified atom stereocenters. The van der Waals surface area contributed by atoms with Gasteiger partial charge in [0.2, 0.25) is 0 Å². The molecule has 0 heterocycles. The molecule has 18 heavy (non-hydrogen) atoms. The van der Waals surface area contributed by atoms with Gasteiger partial charge >= 0.3 is 0 Å². The van der Waals surface area contributed by atoms with Gasteiger partial charge in [0.25, 0.3) is 0 Å². The van der Waals surface area contributed by atoms with Gasteiger partial charge in [0, 0.05) is 0 Å². The normalized spacial score (nSPS) is 15.2. The molecule has 0 aromatic heterocycles. The monoisotopic (exact) mass is 253 g/mol. The molecule has 0 aliphatic rings. The Bertz CT molecular complexity index is 212. The fourth-order valence-electron chi connectivity index (χ4n) is 2.93. The van der Waals surface area contributed by atoms with Crippen LogP contribution in [0.15, 0.2) is 0 Å². The lowest BCUT2D eigenvalue weighted by molar-refractivity contribution is 0.160. The summed E-state index contributed by atoms with van der Waals surface area (Å²) in [7, 11) is 0. The van der Waals surface area contributed by atoms with Gasteiger partial charge in [-0.2, -0.15) is 0 Å². The van der Waals surface area contributed by atoms with Crippen LogP contribution < -0.4 is 0 Å². The third-order valence-electron chi connectivity index (χ3n) is 5.48. The van der Waals surface area contributed by atoms with E-state index in [4.69, 9.17) is 0 Å². The molecule has 0 aromatic carbocycles. The van der Waals surface area contributed by atoms with Crippen LogP contribution in [0.25, 0.3) is 0 Å². The minimum atomic E-state index is 0.364. The van der Waals surface area contributed by atoms with Crippen molar-refractivity contribution in [3.8, 4) is 0 Å². The van der Waals surface area contributed by atoms with Crippen LogP contribution in [0.3, 0.4) is 0 Å². The smallest absolute Gasteiger partial charge is 0.0157 e. The summed E-state index contributed by atoms with van der Waals surface area (Å²) in [6, 6.07) is 0. The van der Waals surface area contributed by atoms with Gasteiger partial charge in [0.15, 0.2) is 0 Å². The second-order valence-electron chi connectivity index (χ2n) is 7.35. The lowest BCUT2D eigenvalue weighted by atomic mass is 9.59. The average molecular weight is 253 g/mol. The molecule has 109 valence electrons. The van der Waals surface area contributed by atoms with E-state index in [0.717, 1.165) is 5.92 Å². The molecule has 0 saturated carbocycles. The van der Waals surface area contributed by atoms with Crippen molar-refractivity contribution in [3.63, 3.8) is 0 Å². The van der Waals surface area contributed by atoms with Crippen LogP contribution in [-0.4, -0.2) is 0 Å². The van der Waals surface area contributed by atoms with Crippen molar-refractivity contribution in [2.75, 3.05) is 0 Å². The Morgan fingerprint density at radius 1 is 0.944 bits per heavy atom. The largest absolute Gasteiger partial charge is 0.0654 e. The van der Waals surface area contributed by atoms with E-state index in [1.807, 2.05) is 0 Å². The van der Waals surface area contributed by atoms with Crippen molar-refractivity contribution in [1.82, 2.24) is 0 Å². The topological polar surface area (TPSA) is 0 Å². The van der Waals surface area contributed by atoms with Gasteiger partial charge in [-0.1, -0.05) is 87.5 Å².